The summed E-state index contributed by atoms with van der Waals surface area (Å²) in [6.07, 6.45) is 7.18. The SMILES string of the molecule is CCC1CCCCC1OCC(C)(C)CNC(C)C. The van der Waals surface area contributed by atoms with Gasteiger partial charge in [0.1, 0.15) is 0 Å². The van der Waals surface area contributed by atoms with E-state index >= 15 is 0 Å². The van der Waals surface area contributed by atoms with Gasteiger partial charge in [0.2, 0.25) is 0 Å². The van der Waals surface area contributed by atoms with Crippen LogP contribution in [0.25, 0.3) is 0 Å². The molecular formula is C16H33NO. The molecule has 0 radical (unpaired) electrons. The number of hydrogen-bond acceptors (Lipinski definition) is 2. The molecule has 1 saturated carbocycles. The Morgan fingerprint density at radius 1 is 1.22 bits per heavy atom. The smallest absolute Gasteiger partial charge is 0.0603 e. The lowest BCUT2D eigenvalue weighted by Crippen LogP contribution is -2.39. The van der Waals surface area contributed by atoms with Crippen LogP contribution in [-0.2, 0) is 4.74 Å². The standard InChI is InChI=1S/C16H33NO/c1-6-14-9-7-8-10-15(14)18-12-16(4,5)11-17-13(2)3/h13-15,17H,6-12H2,1-5H3. The maximum atomic E-state index is 6.24. The lowest BCUT2D eigenvalue weighted by atomic mass is 9.84. The van der Waals surface area contributed by atoms with Crippen molar-refractivity contribution in [2.24, 2.45) is 11.3 Å². The van der Waals surface area contributed by atoms with Gasteiger partial charge >= 0.3 is 0 Å². The van der Waals surface area contributed by atoms with Gasteiger partial charge in [-0.3, -0.25) is 0 Å². The first kappa shape index (κ1) is 16.0. The molecule has 0 aromatic carbocycles. The zero-order valence-corrected chi connectivity index (χ0v) is 13.1. The van der Waals surface area contributed by atoms with E-state index in [9.17, 15) is 0 Å². The summed E-state index contributed by atoms with van der Waals surface area (Å²) < 4.78 is 6.24. The molecule has 0 aromatic rings. The molecule has 2 heteroatoms. The van der Waals surface area contributed by atoms with Gasteiger partial charge in [0.25, 0.3) is 0 Å². The van der Waals surface area contributed by atoms with Crippen LogP contribution in [0.15, 0.2) is 0 Å². The van der Waals surface area contributed by atoms with Crippen molar-refractivity contribution in [1.29, 1.82) is 0 Å². The molecule has 1 rings (SSSR count). The van der Waals surface area contributed by atoms with Crippen molar-refractivity contribution < 1.29 is 4.74 Å². The monoisotopic (exact) mass is 255 g/mol. The van der Waals surface area contributed by atoms with Crippen LogP contribution in [0.4, 0.5) is 0 Å². The highest BCUT2D eigenvalue weighted by atomic mass is 16.5. The van der Waals surface area contributed by atoms with Crippen LogP contribution in [0, 0.1) is 11.3 Å². The molecule has 108 valence electrons. The molecule has 0 bridgehead atoms. The molecule has 0 aromatic heterocycles. The Morgan fingerprint density at radius 2 is 1.89 bits per heavy atom. The first-order valence-electron chi connectivity index (χ1n) is 7.79. The van der Waals surface area contributed by atoms with Crippen LogP contribution >= 0.6 is 0 Å². The van der Waals surface area contributed by atoms with Gasteiger partial charge in [-0.05, 0) is 18.8 Å². The molecular weight excluding hydrogens is 222 g/mol. The van der Waals surface area contributed by atoms with Gasteiger partial charge in [0.15, 0.2) is 0 Å². The minimum atomic E-state index is 0.236. The van der Waals surface area contributed by atoms with Crippen molar-refractivity contribution in [3.63, 3.8) is 0 Å². The van der Waals surface area contributed by atoms with Crippen LogP contribution in [-0.4, -0.2) is 25.3 Å². The Balaban J connectivity index is 2.33. The fourth-order valence-electron chi connectivity index (χ4n) is 2.72. The third kappa shape index (κ3) is 5.71. The summed E-state index contributed by atoms with van der Waals surface area (Å²) in [5, 5.41) is 3.52. The number of nitrogens with one attached hydrogen (secondary N) is 1. The van der Waals surface area contributed by atoms with Gasteiger partial charge in [-0.1, -0.05) is 53.9 Å². The second kappa shape index (κ2) is 7.49. The second-order valence-corrected chi connectivity index (χ2v) is 7.00. The van der Waals surface area contributed by atoms with Gasteiger partial charge in [0, 0.05) is 18.0 Å². The summed E-state index contributed by atoms with van der Waals surface area (Å²) >= 11 is 0. The topological polar surface area (TPSA) is 21.3 Å². The van der Waals surface area contributed by atoms with Crippen LogP contribution < -0.4 is 5.32 Å². The van der Waals surface area contributed by atoms with Crippen molar-refractivity contribution in [2.75, 3.05) is 13.2 Å². The van der Waals surface area contributed by atoms with Gasteiger partial charge in [0.05, 0.1) is 12.7 Å². The van der Waals surface area contributed by atoms with E-state index in [2.05, 4.69) is 39.9 Å². The Hall–Kier alpha value is -0.0800. The van der Waals surface area contributed by atoms with Crippen LogP contribution in [0.3, 0.4) is 0 Å². The van der Waals surface area contributed by atoms with Gasteiger partial charge in [-0.25, -0.2) is 0 Å². The molecule has 0 saturated heterocycles. The zero-order valence-electron chi connectivity index (χ0n) is 13.1. The van der Waals surface area contributed by atoms with Crippen molar-refractivity contribution in [3.05, 3.63) is 0 Å². The Morgan fingerprint density at radius 3 is 2.50 bits per heavy atom. The first-order chi connectivity index (χ1) is 8.44. The van der Waals surface area contributed by atoms with Gasteiger partial charge in [-0.2, -0.15) is 0 Å². The van der Waals surface area contributed by atoms with E-state index in [1.165, 1.54) is 32.1 Å². The molecule has 0 aliphatic heterocycles. The fourth-order valence-corrected chi connectivity index (χ4v) is 2.72. The molecule has 1 aliphatic rings. The van der Waals surface area contributed by atoms with E-state index < -0.39 is 0 Å². The lowest BCUT2D eigenvalue weighted by Gasteiger charge is -2.34. The summed E-state index contributed by atoms with van der Waals surface area (Å²) in [4.78, 5) is 0. The fraction of sp³-hybridized carbons (Fsp3) is 1.00. The molecule has 0 amide bonds. The summed E-state index contributed by atoms with van der Waals surface area (Å²) in [5.41, 5.74) is 0.236. The molecule has 18 heavy (non-hydrogen) atoms. The summed E-state index contributed by atoms with van der Waals surface area (Å²) in [5.74, 6) is 0.799. The van der Waals surface area contributed by atoms with Crippen molar-refractivity contribution in [3.8, 4) is 0 Å². The average molecular weight is 255 g/mol. The molecule has 1 fully saturated rings. The quantitative estimate of drug-likeness (QED) is 0.742. The van der Waals surface area contributed by atoms with Gasteiger partial charge in [-0.15, -0.1) is 0 Å². The minimum absolute atomic E-state index is 0.236. The van der Waals surface area contributed by atoms with Crippen molar-refractivity contribution >= 4 is 0 Å². The highest BCUT2D eigenvalue weighted by molar-refractivity contribution is 4.78. The predicted octanol–water partition coefficient (Wildman–Crippen LogP) is 4.00. The Kier molecular flexibility index (Phi) is 6.65. The largest absolute Gasteiger partial charge is 0.377 e. The van der Waals surface area contributed by atoms with E-state index in [-0.39, 0.29) is 5.41 Å². The Bertz CT molecular complexity index is 225. The molecule has 1 aliphatic carbocycles. The minimum Gasteiger partial charge on any atom is -0.377 e. The van der Waals surface area contributed by atoms with Crippen LogP contribution in [0.5, 0.6) is 0 Å². The van der Waals surface area contributed by atoms with Gasteiger partial charge < -0.3 is 10.1 Å². The maximum absolute atomic E-state index is 6.24. The highest BCUT2D eigenvalue weighted by Gasteiger charge is 2.27. The number of rotatable bonds is 7. The molecule has 2 nitrogen and oxygen atoms in total. The van der Waals surface area contributed by atoms with E-state index in [0.29, 0.717) is 12.1 Å². The van der Waals surface area contributed by atoms with E-state index in [1.54, 1.807) is 0 Å². The maximum Gasteiger partial charge on any atom is 0.0603 e. The molecule has 2 unspecified atom stereocenters. The predicted molar refractivity (Wildman–Crippen MR) is 78.9 cm³/mol. The van der Waals surface area contributed by atoms with E-state index in [0.717, 1.165) is 19.1 Å². The number of ether oxygens (including phenoxy) is 1. The third-order valence-corrected chi connectivity index (χ3v) is 4.04. The summed E-state index contributed by atoms with van der Waals surface area (Å²) in [6.45, 7) is 13.2. The molecule has 1 N–H and O–H groups in total. The highest BCUT2D eigenvalue weighted by Crippen LogP contribution is 2.30. The number of hydrogen-bond donors (Lipinski definition) is 1. The van der Waals surface area contributed by atoms with Crippen LogP contribution in [0.2, 0.25) is 0 Å². The van der Waals surface area contributed by atoms with Crippen molar-refractivity contribution in [1.82, 2.24) is 5.32 Å². The first-order valence-corrected chi connectivity index (χ1v) is 7.79. The summed E-state index contributed by atoms with van der Waals surface area (Å²) in [6, 6.07) is 0.558. The van der Waals surface area contributed by atoms with Crippen molar-refractivity contribution in [2.45, 2.75) is 78.9 Å². The molecule has 2 atom stereocenters. The second-order valence-electron chi connectivity index (χ2n) is 7.00. The third-order valence-electron chi connectivity index (χ3n) is 4.04. The summed E-state index contributed by atoms with van der Waals surface area (Å²) in [7, 11) is 0. The zero-order chi connectivity index (χ0) is 13.6. The van der Waals surface area contributed by atoms with Crippen LogP contribution in [0.1, 0.15) is 66.7 Å². The lowest BCUT2D eigenvalue weighted by molar-refractivity contribution is -0.0455. The van der Waals surface area contributed by atoms with E-state index in [4.69, 9.17) is 4.74 Å². The molecule has 0 heterocycles. The molecule has 0 spiro atoms. The Labute approximate surface area is 114 Å². The normalized spacial score (nSPS) is 25.7. The van der Waals surface area contributed by atoms with E-state index in [1.807, 2.05) is 0 Å². The average Bonchev–Trinajstić information content (AvgIpc) is 2.34.